The summed E-state index contributed by atoms with van der Waals surface area (Å²) < 4.78 is 0. The average molecular weight is 274 g/mol. The monoisotopic (exact) mass is 274 g/mol. The van der Waals surface area contributed by atoms with Gasteiger partial charge in [-0.3, -0.25) is 4.79 Å². The number of hydrogen-bond acceptors (Lipinski definition) is 2. The summed E-state index contributed by atoms with van der Waals surface area (Å²) in [5.74, 6) is 0.142. The van der Waals surface area contributed by atoms with Gasteiger partial charge in [-0.25, -0.2) is 0 Å². The number of fused-ring (bicyclic) bond motifs is 1. The Labute approximate surface area is 122 Å². The van der Waals surface area contributed by atoms with Crippen molar-refractivity contribution in [2.45, 2.75) is 59.0 Å². The number of likely N-dealkylation sites (N-methyl/N-ethyl adjacent to an activating group) is 1. The van der Waals surface area contributed by atoms with E-state index >= 15 is 0 Å². The van der Waals surface area contributed by atoms with Crippen molar-refractivity contribution in [2.24, 2.45) is 0 Å². The number of nitrogens with one attached hydrogen (secondary N) is 1. The van der Waals surface area contributed by atoms with Gasteiger partial charge in [0.2, 0.25) is 5.91 Å². The van der Waals surface area contributed by atoms with Gasteiger partial charge in [0.1, 0.15) is 0 Å². The van der Waals surface area contributed by atoms with Crippen molar-refractivity contribution in [3.05, 3.63) is 29.3 Å². The maximum absolute atomic E-state index is 11.7. The highest BCUT2D eigenvalue weighted by molar-refractivity contribution is 5.94. The van der Waals surface area contributed by atoms with Crippen LogP contribution >= 0.6 is 0 Å². The first kappa shape index (κ1) is 15.0. The summed E-state index contributed by atoms with van der Waals surface area (Å²) in [5, 5.41) is 3.52. The Kier molecular flexibility index (Phi) is 4.81. The summed E-state index contributed by atoms with van der Waals surface area (Å²) in [6.45, 7) is 9.16. The molecule has 1 heterocycles. The molecule has 1 aliphatic rings. The van der Waals surface area contributed by atoms with Gasteiger partial charge < -0.3 is 10.2 Å². The summed E-state index contributed by atoms with van der Waals surface area (Å²) >= 11 is 0. The largest absolute Gasteiger partial charge is 0.314 e. The fourth-order valence-electron chi connectivity index (χ4n) is 3.23. The van der Waals surface area contributed by atoms with Gasteiger partial charge in [-0.05, 0) is 49.9 Å². The number of nitrogens with zero attached hydrogens (tertiary/aromatic N) is 1. The van der Waals surface area contributed by atoms with Gasteiger partial charge >= 0.3 is 0 Å². The van der Waals surface area contributed by atoms with E-state index in [9.17, 15) is 4.79 Å². The summed E-state index contributed by atoms with van der Waals surface area (Å²) in [4.78, 5) is 13.6. The van der Waals surface area contributed by atoms with Crippen molar-refractivity contribution < 1.29 is 4.79 Å². The summed E-state index contributed by atoms with van der Waals surface area (Å²) in [6, 6.07) is 7.41. The molecule has 0 saturated carbocycles. The topological polar surface area (TPSA) is 32.3 Å². The van der Waals surface area contributed by atoms with E-state index in [0.29, 0.717) is 6.04 Å². The fraction of sp³-hybridized carbons (Fsp3) is 0.588. The van der Waals surface area contributed by atoms with E-state index in [1.165, 1.54) is 11.1 Å². The minimum Gasteiger partial charge on any atom is -0.314 e. The number of anilines is 1. The van der Waals surface area contributed by atoms with Crippen LogP contribution in [0, 0.1) is 0 Å². The molecular formula is C17H26N2O. The maximum Gasteiger partial charge on any atom is 0.224 e. The second-order valence-corrected chi connectivity index (χ2v) is 5.77. The van der Waals surface area contributed by atoms with E-state index in [4.69, 9.17) is 0 Å². The predicted molar refractivity (Wildman–Crippen MR) is 84.2 cm³/mol. The fourth-order valence-corrected chi connectivity index (χ4v) is 3.23. The number of benzene rings is 1. The van der Waals surface area contributed by atoms with E-state index in [-0.39, 0.29) is 11.9 Å². The molecule has 110 valence electrons. The summed E-state index contributed by atoms with van der Waals surface area (Å²) in [7, 11) is 0. The standard InChI is InChI=1S/C17H26N2O/c1-5-16(18-6-2)11-14-7-8-17-15(10-14)9-12(3)19(17)13(4)20/h7-8,10,12,16,18H,5-6,9,11H2,1-4H3. The van der Waals surface area contributed by atoms with Crippen molar-refractivity contribution in [3.63, 3.8) is 0 Å². The number of amides is 1. The van der Waals surface area contributed by atoms with Crippen LogP contribution in [0.5, 0.6) is 0 Å². The third kappa shape index (κ3) is 3.04. The van der Waals surface area contributed by atoms with Gasteiger partial charge in [0.25, 0.3) is 0 Å². The van der Waals surface area contributed by atoms with Gasteiger partial charge in [0, 0.05) is 24.7 Å². The quantitative estimate of drug-likeness (QED) is 0.895. The van der Waals surface area contributed by atoms with Crippen LogP contribution in [0.3, 0.4) is 0 Å². The minimum absolute atomic E-state index is 0.142. The molecule has 1 N–H and O–H groups in total. The van der Waals surface area contributed by atoms with Crippen LogP contribution in [0.15, 0.2) is 18.2 Å². The van der Waals surface area contributed by atoms with Crippen molar-refractivity contribution in [1.29, 1.82) is 0 Å². The molecule has 0 radical (unpaired) electrons. The highest BCUT2D eigenvalue weighted by Gasteiger charge is 2.28. The summed E-state index contributed by atoms with van der Waals surface area (Å²) in [5.41, 5.74) is 3.79. The molecule has 1 aromatic rings. The Morgan fingerprint density at radius 1 is 1.45 bits per heavy atom. The molecule has 1 aliphatic heterocycles. The average Bonchev–Trinajstić information content (AvgIpc) is 2.73. The van der Waals surface area contributed by atoms with Crippen LogP contribution in [0.2, 0.25) is 0 Å². The Morgan fingerprint density at radius 3 is 2.80 bits per heavy atom. The van der Waals surface area contributed by atoms with Crippen LogP contribution in [0.25, 0.3) is 0 Å². The minimum atomic E-state index is 0.142. The number of carbonyl (C=O) groups is 1. The lowest BCUT2D eigenvalue weighted by Crippen LogP contribution is -2.33. The van der Waals surface area contributed by atoms with Crippen LogP contribution < -0.4 is 10.2 Å². The molecular weight excluding hydrogens is 248 g/mol. The SMILES string of the molecule is CCNC(CC)Cc1ccc2c(c1)CC(C)N2C(C)=O. The predicted octanol–water partition coefficient (Wildman–Crippen LogP) is 2.91. The lowest BCUT2D eigenvalue weighted by Gasteiger charge is -2.21. The molecule has 3 heteroatoms. The zero-order valence-electron chi connectivity index (χ0n) is 13.1. The molecule has 2 atom stereocenters. The first-order valence-corrected chi connectivity index (χ1v) is 7.71. The number of hydrogen-bond donors (Lipinski definition) is 1. The lowest BCUT2D eigenvalue weighted by molar-refractivity contribution is -0.116. The van der Waals surface area contributed by atoms with Crippen LogP contribution in [-0.2, 0) is 17.6 Å². The molecule has 0 aliphatic carbocycles. The van der Waals surface area contributed by atoms with Crippen molar-refractivity contribution in [3.8, 4) is 0 Å². The Morgan fingerprint density at radius 2 is 2.20 bits per heavy atom. The second-order valence-electron chi connectivity index (χ2n) is 5.77. The normalized spacial score (nSPS) is 19.0. The molecule has 0 spiro atoms. The van der Waals surface area contributed by atoms with Gasteiger partial charge in [0.15, 0.2) is 0 Å². The first-order valence-electron chi connectivity index (χ1n) is 7.71. The summed E-state index contributed by atoms with van der Waals surface area (Å²) in [6.07, 6.45) is 3.17. The maximum atomic E-state index is 11.7. The molecule has 0 fully saturated rings. The number of carbonyl (C=O) groups excluding carboxylic acids is 1. The third-order valence-corrected chi connectivity index (χ3v) is 4.17. The molecule has 0 saturated heterocycles. The van der Waals surface area contributed by atoms with Gasteiger partial charge in [0.05, 0.1) is 0 Å². The van der Waals surface area contributed by atoms with E-state index in [1.807, 2.05) is 4.90 Å². The van der Waals surface area contributed by atoms with Crippen LogP contribution in [-0.4, -0.2) is 24.5 Å². The van der Waals surface area contributed by atoms with Crippen molar-refractivity contribution in [1.82, 2.24) is 5.32 Å². The van der Waals surface area contributed by atoms with Gasteiger partial charge in [-0.2, -0.15) is 0 Å². The van der Waals surface area contributed by atoms with E-state index < -0.39 is 0 Å². The lowest BCUT2D eigenvalue weighted by atomic mass is 10.00. The number of rotatable bonds is 5. The molecule has 0 bridgehead atoms. The van der Waals surface area contributed by atoms with Crippen molar-refractivity contribution in [2.75, 3.05) is 11.4 Å². The Balaban J connectivity index is 2.17. The third-order valence-electron chi connectivity index (χ3n) is 4.17. The molecule has 1 aromatic carbocycles. The molecule has 3 nitrogen and oxygen atoms in total. The van der Waals surface area contributed by atoms with Crippen molar-refractivity contribution >= 4 is 11.6 Å². The highest BCUT2D eigenvalue weighted by Crippen LogP contribution is 2.33. The van der Waals surface area contributed by atoms with E-state index in [2.05, 4.69) is 44.3 Å². The van der Waals surface area contributed by atoms with E-state index in [0.717, 1.165) is 31.5 Å². The first-order chi connectivity index (χ1) is 9.56. The second kappa shape index (κ2) is 6.40. The smallest absolute Gasteiger partial charge is 0.224 e. The molecule has 1 amide bonds. The molecule has 2 unspecified atom stereocenters. The van der Waals surface area contributed by atoms with Crippen LogP contribution in [0.1, 0.15) is 45.2 Å². The van der Waals surface area contributed by atoms with E-state index in [1.54, 1.807) is 6.92 Å². The van der Waals surface area contributed by atoms with Gasteiger partial charge in [-0.15, -0.1) is 0 Å². The highest BCUT2D eigenvalue weighted by atomic mass is 16.2. The zero-order valence-corrected chi connectivity index (χ0v) is 13.1. The van der Waals surface area contributed by atoms with Crippen LogP contribution in [0.4, 0.5) is 5.69 Å². The molecule has 2 rings (SSSR count). The zero-order chi connectivity index (χ0) is 14.7. The molecule has 20 heavy (non-hydrogen) atoms. The Bertz CT molecular complexity index is 484. The Hall–Kier alpha value is -1.35. The van der Waals surface area contributed by atoms with Gasteiger partial charge in [-0.1, -0.05) is 26.0 Å². The molecule has 0 aromatic heterocycles.